The number of aliphatic hydroxyl groups excluding tert-OH is 1. The summed E-state index contributed by atoms with van der Waals surface area (Å²) in [6.07, 6.45) is 8.20. The smallest absolute Gasteiger partial charge is 0.155 e. The van der Waals surface area contributed by atoms with Crippen LogP contribution >= 0.6 is 0 Å². The quantitative estimate of drug-likeness (QED) is 0.807. The van der Waals surface area contributed by atoms with Gasteiger partial charge in [-0.25, -0.2) is 0 Å². The van der Waals surface area contributed by atoms with Crippen molar-refractivity contribution in [3.63, 3.8) is 0 Å². The average Bonchev–Trinajstić information content (AvgIpc) is 2.82. The Labute approximate surface area is 138 Å². The second-order valence-electron chi connectivity index (χ2n) is 8.77. The van der Waals surface area contributed by atoms with Crippen LogP contribution in [0.25, 0.3) is 0 Å². The monoisotopic (exact) mass is 316 g/mol. The number of rotatable bonds is 1. The highest BCUT2D eigenvalue weighted by atomic mass is 16.3. The van der Waals surface area contributed by atoms with Crippen molar-refractivity contribution in [3.8, 4) is 0 Å². The van der Waals surface area contributed by atoms with E-state index >= 15 is 0 Å². The van der Waals surface area contributed by atoms with Gasteiger partial charge in [-0.3, -0.25) is 9.59 Å². The Bertz CT molecular complexity index is 592. The summed E-state index contributed by atoms with van der Waals surface area (Å²) in [5.74, 6) is 2.39. The van der Waals surface area contributed by atoms with E-state index in [-0.39, 0.29) is 29.1 Å². The predicted molar refractivity (Wildman–Crippen MR) is 87.7 cm³/mol. The number of aliphatic hydroxyl groups is 1. The second-order valence-corrected chi connectivity index (χ2v) is 8.77. The highest BCUT2D eigenvalue weighted by Crippen LogP contribution is 2.65. The molecule has 0 bridgehead atoms. The first-order chi connectivity index (χ1) is 10.9. The van der Waals surface area contributed by atoms with E-state index in [0.717, 1.165) is 38.5 Å². The van der Waals surface area contributed by atoms with E-state index in [9.17, 15) is 14.7 Å². The number of fused-ring (bicyclic) bond motifs is 5. The zero-order chi connectivity index (χ0) is 16.4. The summed E-state index contributed by atoms with van der Waals surface area (Å²) in [5, 5.41) is 10.4. The lowest BCUT2D eigenvalue weighted by atomic mass is 9.45. The Hall–Kier alpha value is -0.960. The van der Waals surface area contributed by atoms with Crippen LogP contribution in [0, 0.1) is 34.5 Å². The van der Waals surface area contributed by atoms with Gasteiger partial charge in [-0.1, -0.05) is 19.4 Å². The minimum Gasteiger partial charge on any atom is -0.395 e. The third-order valence-electron chi connectivity index (χ3n) is 8.14. The van der Waals surface area contributed by atoms with E-state index in [1.54, 1.807) is 0 Å². The molecular formula is C20H28O3. The Kier molecular flexibility index (Phi) is 3.39. The topological polar surface area (TPSA) is 54.4 Å². The van der Waals surface area contributed by atoms with Crippen molar-refractivity contribution in [3.05, 3.63) is 11.6 Å². The molecule has 0 saturated heterocycles. The molecule has 6 atom stereocenters. The van der Waals surface area contributed by atoms with Crippen molar-refractivity contribution in [1.82, 2.24) is 0 Å². The molecule has 1 N–H and O–H groups in total. The maximum absolute atomic E-state index is 12.4. The first-order valence-corrected chi connectivity index (χ1v) is 9.31. The molecule has 4 aliphatic rings. The lowest BCUT2D eigenvalue weighted by Crippen LogP contribution is -2.55. The van der Waals surface area contributed by atoms with E-state index in [2.05, 4.69) is 13.8 Å². The Balaban J connectivity index is 1.76. The minimum atomic E-state index is -0.205. The molecule has 0 aromatic rings. The second kappa shape index (κ2) is 5.02. The molecule has 3 nitrogen and oxygen atoms in total. The van der Waals surface area contributed by atoms with Crippen LogP contribution in [0.15, 0.2) is 11.6 Å². The SMILES string of the molecule is CC1CC(=O)C=C2CC[C@@H]3[C@@H](CC[C@]4(C)C(=O)CC[C@@H]34)[C@]21CO. The molecule has 0 aromatic carbocycles. The predicted octanol–water partition coefficient (Wildman–Crippen LogP) is 3.31. The standard InChI is InChI=1S/C20H28O3/c1-12-9-14(22)10-13-3-4-15-16-5-6-18(23)19(16,2)8-7-17(15)20(12,13)11-21/h10,12,15-17,21H,3-9,11H2,1-2H3/t12?,15-,16-,17+,19-,20-/m0/s1. The largest absolute Gasteiger partial charge is 0.395 e. The van der Waals surface area contributed by atoms with Crippen LogP contribution < -0.4 is 0 Å². The van der Waals surface area contributed by atoms with E-state index in [0.29, 0.717) is 30.0 Å². The third-order valence-corrected chi connectivity index (χ3v) is 8.14. The van der Waals surface area contributed by atoms with Gasteiger partial charge in [0.15, 0.2) is 5.78 Å². The Morgan fingerprint density at radius 2 is 1.96 bits per heavy atom. The molecule has 1 unspecified atom stereocenters. The number of hydrogen-bond acceptors (Lipinski definition) is 3. The summed E-state index contributed by atoms with van der Waals surface area (Å²) in [7, 11) is 0. The fourth-order valence-electron chi connectivity index (χ4n) is 6.89. The van der Waals surface area contributed by atoms with E-state index < -0.39 is 0 Å². The number of ketones is 2. The van der Waals surface area contributed by atoms with Gasteiger partial charge in [0.1, 0.15) is 5.78 Å². The van der Waals surface area contributed by atoms with Crippen LogP contribution in [0.4, 0.5) is 0 Å². The number of carbonyl (C=O) groups is 2. The van der Waals surface area contributed by atoms with E-state index in [1.165, 1.54) is 5.57 Å². The fourth-order valence-corrected chi connectivity index (χ4v) is 6.89. The first kappa shape index (κ1) is 15.6. The van der Waals surface area contributed by atoms with Gasteiger partial charge in [0.25, 0.3) is 0 Å². The van der Waals surface area contributed by atoms with Crippen molar-refractivity contribution < 1.29 is 14.7 Å². The van der Waals surface area contributed by atoms with Crippen molar-refractivity contribution >= 4 is 11.6 Å². The third kappa shape index (κ3) is 1.86. The minimum absolute atomic E-state index is 0.118. The van der Waals surface area contributed by atoms with Crippen LogP contribution in [-0.2, 0) is 9.59 Å². The molecule has 4 aliphatic carbocycles. The highest BCUT2D eigenvalue weighted by molar-refractivity contribution is 5.92. The van der Waals surface area contributed by atoms with Gasteiger partial charge in [0.05, 0.1) is 6.61 Å². The normalized spacial score (nSPS) is 49.3. The molecule has 0 aromatic heterocycles. The lowest BCUT2D eigenvalue weighted by molar-refractivity contribution is -0.136. The van der Waals surface area contributed by atoms with Crippen LogP contribution in [0.3, 0.4) is 0 Å². The molecule has 0 aliphatic heterocycles. The van der Waals surface area contributed by atoms with Gasteiger partial charge < -0.3 is 5.11 Å². The van der Waals surface area contributed by atoms with Gasteiger partial charge in [-0.05, 0) is 61.9 Å². The molecule has 23 heavy (non-hydrogen) atoms. The Morgan fingerprint density at radius 3 is 2.70 bits per heavy atom. The van der Waals surface area contributed by atoms with Crippen molar-refractivity contribution in [2.45, 2.75) is 58.8 Å². The first-order valence-electron chi connectivity index (χ1n) is 9.31. The maximum Gasteiger partial charge on any atom is 0.155 e. The van der Waals surface area contributed by atoms with Gasteiger partial charge in [0.2, 0.25) is 0 Å². The fraction of sp³-hybridized carbons (Fsp3) is 0.800. The molecule has 3 saturated carbocycles. The van der Waals surface area contributed by atoms with E-state index in [4.69, 9.17) is 0 Å². The number of hydrogen-bond donors (Lipinski definition) is 1. The molecule has 0 amide bonds. The van der Waals surface area contributed by atoms with Crippen LogP contribution in [0.2, 0.25) is 0 Å². The van der Waals surface area contributed by atoms with E-state index in [1.807, 2.05) is 6.08 Å². The van der Waals surface area contributed by atoms with Crippen LogP contribution in [0.1, 0.15) is 58.8 Å². The summed E-state index contributed by atoms with van der Waals surface area (Å²) >= 11 is 0. The van der Waals surface area contributed by atoms with Crippen molar-refractivity contribution in [1.29, 1.82) is 0 Å². The molecule has 3 fully saturated rings. The van der Waals surface area contributed by atoms with Crippen LogP contribution in [-0.4, -0.2) is 23.3 Å². The molecule has 0 heterocycles. The van der Waals surface area contributed by atoms with Gasteiger partial charge in [-0.2, -0.15) is 0 Å². The molecule has 0 radical (unpaired) electrons. The summed E-state index contributed by atoms with van der Waals surface area (Å²) in [6, 6.07) is 0. The van der Waals surface area contributed by atoms with Gasteiger partial charge in [0, 0.05) is 23.7 Å². The molecule has 3 heteroatoms. The van der Waals surface area contributed by atoms with Crippen LogP contribution in [0.5, 0.6) is 0 Å². The molecule has 0 spiro atoms. The average molecular weight is 316 g/mol. The molecule has 4 rings (SSSR count). The number of carbonyl (C=O) groups excluding carboxylic acids is 2. The summed E-state index contributed by atoms with van der Waals surface area (Å²) in [4.78, 5) is 24.5. The molecule has 126 valence electrons. The zero-order valence-corrected chi connectivity index (χ0v) is 14.3. The van der Waals surface area contributed by atoms with Crippen molar-refractivity contribution in [2.24, 2.45) is 34.5 Å². The summed E-state index contributed by atoms with van der Waals surface area (Å²) in [6.45, 7) is 4.50. The van der Waals surface area contributed by atoms with Crippen molar-refractivity contribution in [2.75, 3.05) is 6.61 Å². The van der Waals surface area contributed by atoms with Gasteiger partial charge >= 0.3 is 0 Å². The van der Waals surface area contributed by atoms with Gasteiger partial charge in [-0.15, -0.1) is 0 Å². The number of Topliss-reactive ketones (excluding diaryl/α,β-unsaturated/α-hetero) is 1. The molecular weight excluding hydrogens is 288 g/mol. The lowest BCUT2D eigenvalue weighted by Gasteiger charge is -2.59. The highest BCUT2D eigenvalue weighted by Gasteiger charge is 2.61. The summed E-state index contributed by atoms with van der Waals surface area (Å²) in [5.41, 5.74) is 0.884. The zero-order valence-electron chi connectivity index (χ0n) is 14.3. The Morgan fingerprint density at radius 1 is 1.17 bits per heavy atom. The maximum atomic E-state index is 12.4. The summed E-state index contributed by atoms with van der Waals surface area (Å²) < 4.78 is 0.